The van der Waals surface area contributed by atoms with Crippen LogP contribution in [0, 0.1) is 0 Å². The second-order valence-electron chi connectivity index (χ2n) is 8.41. The zero-order valence-corrected chi connectivity index (χ0v) is 19.1. The van der Waals surface area contributed by atoms with Crippen LogP contribution in [0.2, 0.25) is 0 Å². The van der Waals surface area contributed by atoms with Gasteiger partial charge in [0.05, 0.1) is 24.5 Å². The maximum absolute atomic E-state index is 6.15. The molecule has 2 aliphatic heterocycles. The fourth-order valence-electron chi connectivity index (χ4n) is 4.30. The molecular formula is C23H40N4O3. The lowest BCUT2D eigenvalue weighted by atomic mass is 9.99. The summed E-state index contributed by atoms with van der Waals surface area (Å²) in [4.78, 5) is 7.15. The fourth-order valence-corrected chi connectivity index (χ4v) is 4.30. The van der Waals surface area contributed by atoms with Crippen LogP contribution in [0.3, 0.4) is 0 Å². The molecule has 0 aromatic carbocycles. The summed E-state index contributed by atoms with van der Waals surface area (Å²) in [6, 6.07) is 2.07. The lowest BCUT2D eigenvalue weighted by molar-refractivity contribution is -0.0721. The van der Waals surface area contributed by atoms with Crippen molar-refractivity contribution in [2.24, 2.45) is 4.99 Å². The molecule has 0 bridgehead atoms. The van der Waals surface area contributed by atoms with E-state index >= 15 is 0 Å². The zero-order valence-electron chi connectivity index (χ0n) is 19.1. The van der Waals surface area contributed by atoms with E-state index in [-0.39, 0.29) is 0 Å². The van der Waals surface area contributed by atoms with E-state index in [4.69, 9.17) is 19.0 Å². The van der Waals surface area contributed by atoms with Crippen molar-refractivity contribution >= 4 is 5.96 Å². The summed E-state index contributed by atoms with van der Waals surface area (Å²) in [5.41, 5.74) is 1.05. The fraction of sp³-hybridized carbons (Fsp3) is 0.826. The predicted octanol–water partition coefficient (Wildman–Crippen LogP) is 4.09. The third kappa shape index (κ3) is 6.71. The van der Waals surface area contributed by atoms with Crippen molar-refractivity contribution in [2.45, 2.75) is 90.4 Å². The van der Waals surface area contributed by atoms with E-state index in [0.29, 0.717) is 24.7 Å². The molecule has 30 heavy (non-hydrogen) atoms. The Balaban J connectivity index is 1.47. The van der Waals surface area contributed by atoms with E-state index in [9.17, 15) is 0 Å². The smallest absolute Gasteiger partial charge is 0.194 e. The number of hydrogen-bond acceptors (Lipinski definition) is 5. The Bertz CT molecular complexity index is 630. The molecule has 0 spiro atoms. The molecule has 1 unspecified atom stereocenters. The lowest BCUT2D eigenvalue weighted by Gasteiger charge is -2.35. The average Bonchev–Trinajstić information content (AvgIpc) is 3.26. The summed E-state index contributed by atoms with van der Waals surface area (Å²) in [6.07, 6.45) is 8.42. The molecule has 0 radical (unpaired) electrons. The van der Waals surface area contributed by atoms with Gasteiger partial charge >= 0.3 is 0 Å². The topological polar surface area (TPSA) is 72.1 Å². The number of guanidine groups is 1. The normalized spacial score (nSPS) is 21.4. The van der Waals surface area contributed by atoms with Crippen LogP contribution in [0.4, 0.5) is 0 Å². The summed E-state index contributed by atoms with van der Waals surface area (Å²) in [5.74, 6) is 2.25. The van der Waals surface area contributed by atoms with Gasteiger partial charge in [-0.1, -0.05) is 19.0 Å². The van der Waals surface area contributed by atoms with Crippen molar-refractivity contribution in [3.63, 3.8) is 0 Å². The molecule has 0 aliphatic carbocycles. The van der Waals surface area contributed by atoms with Crippen LogP contribution in [-0.4, -0.2) is 61.1 Å². The van der Waals surface area contributed by atoms with Gasteiger partial charge < -0.3 is 24.2 Å². The number of ether oxygens (including phenoxy) is 2. The number of nitrogens with zero attached hydrogens (tertiary/aromatic N) is 3. The lowest BCUT2D eigenvalue weighted by Crippen LogP contribution is -2.47. The highest BCUT2D eigenvalue weighted by atomic mass is 16.5. The summed E-state index contributed by atoms with van der Waals surface area (Å²) in [5, 5.41) is 7.68. The zero-order chi connectivity index (χ0) is 21.2. The van der Waals surface area contributed by atoms with Crippen LogP contribution >= 0.6 is 0 Å². The van der Waals surface area contributed by atoms with E-state index in [1.165, 1.54) is 12.8 Å². The van der Waals surface area contributed by atoms with Gasteiger partial charge in [-0.3, -0.25) is 0 Å². The van der Waals surface area contributed by atoms with Gasteiger partial charge in [0.2, 0.25) is 0 Å². The molecular weight excluding hydrogens is 380 g/mol. The van der Waals surface area contributed by atoms with Gasteiger partial charge in [-0.15, -0.1) is 0 Å². The highest BCUT2D eigenvalue weighted by Gasteiger charge is 2.24. The van der Waals surface area contributed by atoms with Crippen molar-refractivity contribution in [2.75, 3.05) is 32.8 Å². The Kier molecular flexibility index (Phi) is 9.46. The molecule has 1 atom stereocenters. The number of nitrogens with one attached hydrogen (secondary N) is 1. The Morgan fingerprint density at radius 2 is 2.03 bits per heavy atom. The van der Waals surface area contributed by atoms with Crippen LogP contribution in [0.5, 0.6) is 0 Å². The molecule has 170 valence electrons. The van der Waals surface area contributed by atoms with Crippen LogP contribution in [-0.2, 0) is 16.0 Å². The van der Waals surface area contributed by atoms with Gasteiger partial charge in [0.15, 0.2) is 11.7 Å². The van der Waals surface area contributed by atoms with Gasteiger partial charge in [-0.05, 0) is 51.9 Å². The van der Waals surface area contributed by atoms with Crippen molar-refractivity contribution < 1.29 is 14.0 Å². The first kappa shape index (κ1) is 23.1. The van der Waals surface area contributed by atoms with Crippen LogP contribution in [0.15, 0.2) is 15.6 Å². The monoisotopic (exact) mass is 420 g/mol. The van der Waals surface area contributed by atoms with E-state index < -0.39 is 0 Å². The standard InChI is InChI=1S/C23H40N4O3/c1-4-18(5-2)22-15-21(30-26-22)16-25-23(24-6-3)27-12-10-19(11-13-27)29-17-20-9-7-8-14-28-20/h15,18-20H,4-14,16-17H2,1-3H3,(H,24,25). The van der Waals surface area contributed by atoms with Crippen molar-refractivity contribution in [3.05, 3.63) is 17.5 Å². The number of likely N-dealkylation sites (tertiary alicyclic amines) is 1. The van der Waals surface area contributed by atoms with Crippen molar-refractivity contribution in [1.29, 1.82) is 0 Å². The molecule has 0 saturated carbocycles. The van der Waals surface area contributed by atoms with Crippen LogP contribution in [0.1, 0.15) is 83.1 Å². The van der Waals surface area contributed by atoms with Crippen molar-refractivity contribution in [3.8, 4) is 0 Å². The van der Waals surface area contributed by atoms with E-state index in [1.807, 2.05) is 0 Å². The highest BCUT2D eigenvalue weighted by Crippen LogP contribution is 2.23. The Morgan fingerprint density at radius 1 is 1.23 bits per heavy atom. The molecule has 3 rings (SSSR count). The minimum absolute atomic E-state index is 0.294. The Labute approximate surface area is 181 Å². The van der Waals surface area contributed by atoms with Gasteiger partial charge in [0, 0.05) is 38.2 Å². The third-order valence-electron chi connectivity index (χ3n) is 6.23. The molecule has 3 heterocycles. The first-order valence-corrected chi connectivity index (χ1v) is 11.9. The SMILES string of the molecule is CCNC(=NCc1cc(C(CC)CC)no1)N1CCC(OCC2CCCCO2)CC1. The van der Waals surface area contributed by atoms with Gasteiger partial charge in [0.1, 0.15) is 6.54 Å². The number of piperidine rings is 1. The van der Waals surface area contributed by atoms with Gasteiger partial charge in [0.25, 0.3) is 0 Å². The van der Waals surface area contributed by atoms with Crippen LogP contribution < -0.4 is 5.32 Å². The summed E-state index contributed by atoms with van der Waals surface area (Å²) in [6.45, 7) is 11.4. The molecule has 2 fully saturated rings. The number of hydrogen-bond donors (Lipinski definition) is 1. The molecule has 2 saturated heterocycles. The Hall–Kier alpha value is -1.60. The molecule has 7 heteroatoms. The maximum atomic E-state index is 6.15. The first-order chi connectivity index (χ1) is 14.7. The largest absolute Gasteiger partial charge is 0.376 e. The average molecular weight is 421 g/mol. The summed E-state index contributed by atoms with van der Waals surface area (Å²) < 4.78 is 17.5. The molecule has 1 aromatic rings. The van der Waals surface area contributed by atoms with E-state index in [0.717, 1.165) is 82.4 Å². The number of rotatable bonds is 9. The van der Waals surface area contributed by atoms with Gasteiger partial charge in [-0.25, -0.2) is 4.99 Å². The van der Waals surface area contributed by atoms with Gasteiger partial charge in [-0.2, -0.15) is 0 Å². The molecule has 1 aromatic heterocycles. The second kappa shape index (κ2) is 12.3. The number of aromatic nitrogens is 1. The molecule has 2 aliphatic rings. The molecule has 1 N–H and O–H groups in total. The molecule has 7 nitrogen and oxygen atoms in total. The van der Waals surface area contributed by atoms with Crippen molar-refractivity contribution in [1.82, 2.24) is 15.4 Å². The summed E-state index contributed by atoms with van der Waals surface area (Å²) in [7, 11) is 0. The first-order valence-electron chi connectivity index (χ1n) is 11.9. The maximum Gasteiger partial charge on any atom is 0.194 e. The van der Waals surface area contributed by atoms with E-state index in [1.54, 1.807) is 0 Å². The Morgan fingerprint density at radius 3 is 2.70 bits per heavy atom. The third-order valence-corrected chi connectivity index (χ3v) is 6.23. The number of aliphatic imine (C=N–C) groups is 1. The van der Waals surface area contributed by atoms with E-state index in [2.05, 4.69) is 42.2 Å². The predicted molar refractivity (Wildman–Crippen MR) is 119 cm³/mol. The second-order valence-corrected chi connectivity index (χ2v) is 8.41. The van der Waals surface area contributed by atoms with Crippen LogP contribution in [0.25, 0.3) is 0 Å². The quantitative estimate of drug-likeness (QED) is 0.479. The summed E-state index contributed by atoms with van der Waals surface area (Å²) >= 11 is 0. The minimum Gasteiger partial charge on any atom is -0.376 e. The minimum atomic E-state index is 0.294. The molecule has 0 amide bonds. The highest BCUT2D eigenvalue weighted by molar-refractivity contribution is 5.80.